The predicted octanol–water partition coefficient (Wildman–Crippen LogP) is 3.39. The Morgan fingerprint density at radius 1 is 1.44 bits per heavy atom. The highest BCUT2D eigenvalue weighted by atomic mass is 35.5. The molecule has 0 amide bonds. The Morgan fingerprint density at radius 2 is 2.24 bits per heavy atom. The molecule has 0 bridgehead atoms. The van der Waals surface area contributed by atoms with Crippen molar-refractivity contribution in [3.05, 3.63) is 46.6 Å². The van der Waals surface area contributed by atoms with Gasteiger partial charge in [-0.2, -0.15) is 4.98 Å². The highest BCUT2D eigenvalue weighted by molar-refractivity contribution is 6.31. The van der Waals surface area contributed by atoms with Gasteiger partial charge in [-0.3, -0.25) is 4.90 Å². The summed E-state index contributed by atoms with van der Waals surface area (Å²) in [5, 5.41) is 8.25. The van der Waals surface area contributed by atoms with Crippen LogP contribution >= 0.6 is 24.0 Å². The van der Waals surface area contributed by atoms with Crippen molar-refractivity contribution in [2.24, 2.45) is 0 Å². The van der Waals surface area contributed by atoms with E-state index >= 15 is 0 Å². The number of ether oxygens (including phenoxy) is 1. The molecular formula is C17H24Cl2N4O2. The second-order valence-corrected chi connectivity index (χ2v) is 6.26. The largest absolute Gasteiger partial charge is 0.371 e. The molecule has 1 aliphatic heterocycles. The van der Waals surface area contributed by atoms with Crippen LogP contribution in [-0.4, -0.2) is 41.3 Å². The lowest BCUT2D eigenvalue weighted by Crippen LogP contribution is -2.45. The van der Waals surface area contributed by atoms with Crippen molar-refractivity contribution in [1.29, 1.82) is 0 Å². The fourth-order valence-corrected chi connectivity index (χ4v) is 3.24. The number of halogens is 2. The summed E-state index contributed by atoms with van der Waals surface area (Å²) in [7, 11) is 0. The first-order valence-electron chi connectivity index (χ1n) is 8.32. The second kappa shape index (κ2) is 9.50. The SMILES string of the molecule is CCOC(C)c1noc(CN2CCNCC2c2ccccc2Cl)n1.Cl. The second-order valence-electron chi connectivity index (χ2n) is 5.86. The highest BCUT2D eigenvalue weighted by Crippen LogP contribution is 2.29. The van der Waals surface area contributed by atoms with Gasteiger partial charge >= 0.3 is 0 Å². The van der Waals surface area contributed by atoms with E-state index in [9.17, 15) is 0 Å². The molecule has 1 aromatic carbocycles. The first-order valence-corrected chi connectivity index (χ1v) is 8.70. The van der Waals surface area contributed by atoms with Crippen molar-refractivity contribution in [1.82, 2.24) is 20.4 Å². The Hall–Kier alpha value is -1.18. The van der Waals surface area contributed by atoms with Gasteiger partial charge in [0.15, 0.2) is 5.82 Å². The molecule has 3 rings (SSSR count). The predicted molar refractivity (Wildman–Crippen MR) is 99.1 cm³/mol. The Morgan fingerprint density at radius 3 is 3.00 bits per heavy atom. The van der Waals surface area contributed by atoms with Crippen molar-refractivity contribution in [3.8, 4) is 0 Å². The minimum Gasteiger partial charge on any atom is -0.371 e. The summed E-state index contributed by atoms with van der Waals surface area (Å²) in [4.78, 5) is 6.80. The van der Waals surface area contributed by atoms with Crippen LogP contribution in [0.1, 0.15) is 43.3 Å². The van der Waals surface area contributed by atoms with Crippen molar-refractivity contribution < 1.29 is 9.26 Å². The van der Waals surface area contributed by atoms with Crippen LogP contribution in [0, 0.1) is 0 Å². The molecule has 2 heterocycles. The third kappa shape index (κ3) is 4.92. The maximum absolute atomic E-state index is 6.38. The number of piperazine rings is 1. The Kier molecular flexibility index (Phi) is 7.65. The molecule has 138 valence electrons. The van der Waals surface area contributed by atoms with Crippen LogP contribution < -0.4 is 5.32 Å². The highest BCUT2D eigenvalue weighted by Gasteiger charge is 2.27. The molecule has 1 aromatic heterocycles. The maximum Gasteiger partial charge on any atom is 0.240 e. The first-order chi connectivity index (χ1) is 11.7. The van der Waals surface area contributed by atoms with E-state index in [-0.39, 0.29) is 24.6 Å². The zero-order valence-electron chi connectivity index (χ0n) is 14.4. The van der Waals surface area contributed by atoms with E-state index in [2.05, 4.69) is 26.4 Å². The molecule has 8 heteroatoms. The van der Waals surface area contributed by atoms with E-state index in [0.29, 0.717) is 24.9 Å². The molecule has 6 nitrogen and oxygen atoms in total. The molecule has 2 unspecified atom stereocenters. The number of nitrogens with zero attached hydrogens (tertiary/aromatic N) is 3. The van der Waals surface area contributed by atoms with Crippen LogP contribution in [0.5, 0.6) is 0 Å². The number of rotatable bonds is 6. The third-order valence-electron chi connectivity index (χ3n) is 4.22. The monoisotopic (exact) mass is 386 g/mol. The van der Waals surface area contributed by atoms with Crippen LogP contribution in [0.3, 0.4) is 0 Å². The molecular weight excluding hydrogens is 363 g/mol. The van der Waals surface area contributed by atoms with Crippen LogP contribution in [0.15, 0.2) is 28.8 Å². The van der Waals surface area contributed by atoms with E-state index in [1.54, 1.807) is 0 Å². The Labute approximate surface area is 159 Å². The number of benzene rings is 1. The van der Waals surface area contributed by atoms with Crippen LogP contribution in [-0.2, 0) is 11.3 Å². The maximum atomic E-state index is 6.38. The summed E-state index contributed by atoms with van der Waals surface area (Å²) in [6.07, 6.45) is -0.158. The average Bonchev–Trinajstić information content (AvgIpc) is 3.05. The lowest BCUT2D eigenvalue weighted by atomic mass is 10.0. The van der Waals surface area contributed by atoms with Gasteiger partial charge in [-0.15, -0.1) is 12.4 Å². The van der Waals surface area contributed by atoms with Gasteiger partial charge in [-0.05, 0) is 25.5 Å². The number of hydrogen-bond acceptors (Lipinski definition) is 6. The molecule has 0 saturated carbocycles. The van der Waals surface area contributed by atoms with Gasteiger partial charge in [0.2, 0.25) is 5.89 Å². The zero-order valence-corrected chi connectivity index (χ0v) is 16.0. The number of nitrogens with one attached hydrogen (secondary N) is 1. The normalized spacial score (nSPS) is 19.4. The van der Waals surface area contributed by atoms with E-state index in [1.807, 2.05) is 32.0 Å². The van der Waals surface area contributed by atoms with E-state index in [1.165, 1.54) is 0 Å². The minimum absolute atomic E-state index is 0. The average molecular weight is 387 g/mol. The van der Waals surface area contributed by atoms with Gasteiger partial charge in [-0.1, -0.05) is 35.0 Å². The molecule has 1 saturated heterocycles. The summed E-state index contributed by atoms with van der Waals surface area (Å²) in [6, 6.07) is 8.16. The molecule has 2 aromatic rings. The summed E-state index contributed by atoms with van der Waals surface area (Å²) in [5.41, 5.74) is 1.12. The van der Waals surface area contributed by atoms with Crippen molar-refractivity contribution in [3.63, 3.8) is 0 Å². The molecule has 1 aliphatic rings. The van der Waals surface area contributed by atoms with E-state index in [0.717, 1.165) is 30.2 Å². The lowest BCUT2D eigenvalue weighted by Gasteiger charge is -2.35. The van der Waals surface area contributed by atoms with Gasteiger partial charge in [-0.25, -0.2) is 0 Å². The molecule has 1 N–H and O–H groups in total. The van der Waals surface area contributed by atoms with Gasteiger partial charge in [0, 0.05) is 37.3 Å². The Bertz CT molecular complexity index is 668. The topological polar surface area (TPSA) is 63.4 Å². The summed E-state index contributed by atoms with van der Waals surface area (Å²) >= 11 is 6.38. The Balaban J connectivity index is 0.00000225. The van der Waals surface area contributed by atoms with E-state index < -0.39 is 0 Å². The summed E-state index contributed by atoms with van der Waals surface area (Å²) < 4.78 is 10.9. The van der Waals surface area contributed by atoms with Crippen molar-refractivity contribution >= 4 is 24.0 Å². The minimum atomic E-state index is -0.158. The fourth-order valence-electron chi connectivity index (χ4n) is 2.98. The van der Waals surface area contributed by atoms with Gasteiger partial charge in [0.1, 0.15) is 6.10 Å². The van der Waals surface area contributed by atoms with Gasteiger partial charge in [0.25, 0.3) is 0 Å². The van der Waals surface area contributed by atoms with Gasteiger partial charge < -0.3 is 14.6 Å². The van der Waals surface area contributed by atoms with Crippen molar-refractivity contribution in [2.75, 3.05) is 26.2 Å². The lowest BCUT2D eigenvalue weighted by molar-refractivity contribution is 0.0683. The molecule has 2 atom stereocenters. The summed E-state index contributed by atoms with van der Waals surface area (Å²) in [6.45, 7) is 7.77. The fraction of sp³-hybridized carbons (Fsp3) is 0.529. The smallest absolute Gasteiger partial charge is 0.240 e. The molecule has 25 heavy (non-hydrogen) atoms. The zero-order chi connectivity index (χ0) is 16.9. The van der Waals surface area contributed by atoms with Crippen LogP contribution in [0.2, 0.25) is 5.02 Å². The molecule has 0 spiro atoms. The molecule has 0 aliphatic carbocycles. The number of aromatic nitrogens is 2. The van der Waals surface area contributed by atoms with Gasteiger partial charge in [0.05, 0.1) is 6.54 Å². The number of hydrogen-bond donors (Lipinski definition) is 1. The first kappa shape index (κ1) is 20.1. The molecule has 1 fully saturated rings. The van der Waals surface area contributed by atoms with Crippen molar-refractivity contribution in [2.45, 2.75) is 32.5 Å². The molecule has 0 radical (unpaired) electrons. The van der Waals surface area contributed by atoms with Crippen LogP contribution in [0.4, 0.5) is 0 Å². The standard InChI is InChI=1S/C17H23ClN4O2.ClH/c1-3-23-12(2)17-20-16(24-21-17)11-22-9-8-19-10-15(22)13-6-4-5-7-14(13)18;/h4-7,12,15,19H,3,8-11H2,1-2H3;1H. The van der Waals surface area contributed by atoms with E-state index in [4.69, 9.17) is 20.9 Å². The van der Waals surface area contributed by atoms with Crippen LogP contribution in [0.25, 0.3) is 0 Å². The quantitative estimate of drug-likeness (QED) is 0.820. The summed E-state index contributed by atoms with van der Waals surface area (Å²) in [5.74, 6) is 1.20. The third-order valence-corrected chi connectivity index (χ3v) is 4.57.